The van der Waals surface area contributed by atoms with Gasteiger partial charge in [-0.2, -0.15) is 0 Å². The Kier molecular flexibility index (Phi) is 5.52. The van der Waals surface area contributed by atoms with Crippen LogP contribution < -0.4 is 4.74 Å². The van der Waals surface area contributed by atoms with Gasteiger partial charge in [0, 0.05) is 11.1 Å². The van der Waals surface area contributed by atoms with E-state index in [-0.39, 0.29) is 36.7 Å². The number of hydrogen-bond acceptors (Lipinski definition) is 5. The van der Waals surface area contributed by atoms with Crippen molar-refractivity contribution in [2.75, 3.05) is 13.2 Å². The molecule has 1 aromatic heterocycles. The molecule has 6 heteroatoms. The van der Waals surface area contributed by atoms with Crippen LogP contribution in [-0.4, -0.2) is 35.4 Å². The number of benzene rings is 1. The second kappa shape index (κ2) is 7.83. The number of carbonyl (C=O) groups is 1. The van der Waals surface area contributed by atoms with Gasteiger partial charge in [-0.05, 0) is 49.4 Å². The topological polar surface area (TPSA) is 68.7 Å². The Labute approximate surface area is 151 Å². The normalized spacial score (nSPS) is 15.9. The molecule has 1 aliphatic rings. The van der Waals surface area contributed by atoms with E-state index in [1.165, 1.54) is 6.07 Å². The van der Waals surface area contributed by atoms with Crippen LogP contribution in [0.5, 0.6) is 5.88 Å². The molecule has 2 heterocycles. The highest BCUT2D eigenvalue weighted by molar-refractivity contribution is 5.90. The second-order valence-electron chi connectivity index (χ2n) is 6.19. The van der Waals surface area contributed by atoms with E-state index < -0.39 is 5.97 Å². The Balaban J connectivity index is 2.14. The summed E-state index contributed by atoms with van der Waals surface area (Å²) in [5.74, 6) is -0.677. The van der Waals surface area contributed by atoms with Crippen molar-refractivity contribution < 1.29 is 23.8 Å². The maximum atomic E-state index is 14.7. The van der Waals surface area contributed by atoms with Crippen LogP contribution in [0.25, 0.3) is 11.1 Å². The summed E-state index contributed by atoms with van der Waals surface area (Å²) in [5, 5.41) is 9.36. The SMILES string of the molecule is CCOC(=O)c1cc(-c2ccc(CC)cc2F)c2c(n1)OC(CO)CC2. The summed E-state index contributed by atoms with van der Waals surface area (Å²) in [4.78, 5) is 16.4. The average Bonchev–Trinajstić information content (AvgIpc) is 2.66. The minimum Gasteiger partial charge on any atom is -0.472 e. The van der Waals surface area contributed by atoms with Crippen molar-refractivity contribution in [2.24, 2.45) is 0 Å². The molecule has 0 saturated heterocycles. The molecule has 1 N–H and O–H groups in total. The fraction of sp³-hybridized carbons (Fsp3) is 0.400. The molecule has 5 nitrogen and oxygen atoms in total. The zero-order chi connectivity index (χ0) is 18.7. The first kappa shape index (κ1) is 18.3. The molecule has 0 fully saturated rings. The Morgan fingerprint density at radius 2 is 2.15 bits per heavy atom. The highest BCUT2D eigenvalue weighted by Crippen LogP contribution is 2.36. The standard InChI is InChI=1S/C20H22FNO4/c1-3-12-5-7-14(17(21)9-12)16-10-18(20(24)25-4-2)22-19-15(16)8-6-13(11-23)26-19/h5,7,9-10,13,23H,3-4,6,8,11H2,1-2H3. The molecule has 138 valence electrons. The molecule has 26 heavy (non-hydrogen) atoms. The minimum absolute atomic E-state index is 0.0677. The number of ether oxygens (including phenoxy) is 2. The van der Waals surface area contributed by atoms with Gasteiger partial charge in [0.25, 0.3) is 0 Å². The Morgan fingerprint density at radius 1 is 1.35 bits per heavy atom. The lowest BCUT2D eigenvalue weighted by Crippen LogP contribution is -2.27. The summed E-state index contributed by atoms with van der Waals surface area (Å²) >= 11 is 0. The third kappa shape index (κ3) is 3.55. The molecule has 1 aromatic carbocycles. The number of fused-ring (bicyclic) bond motifs is 1. The quantitative estimate of drug-likeness (QED) is 0.830. The largest absolute Gasteiger partial charge is 0.472 e. The lowest BCUT2D eigenvalue weighted by molar-refractivity contribution is 0.0514. The highest BCUT2D eigenvalue weighted by atomic mass is 19.1. The van der Waals surface area contributed by atoms with E-state index >= 15 is 0 Å². The van der Waals surface area contributed by atoms with Gasteiger partial charge in [0.2, 0.25) is 5.88 Å². The van der Waals surface area contributed by atoms with E-state index in [1.807, 2.05) is 13.0 Å². The second-order valence-corrected chi connectivity index (χ2v) is 6.19. The fourth-order valence-corrected chi connectivity index (χ4v) is 3.08. The number of halogens is 1. The fourth-order valence-electron chi connectivity index (χ4n) is 3.08. The smallest absolute Gasteiger partial charge is 0.357 e. The number of nitrogens with zero attached hydrogens (tertiary/aromatic N) is 1. The summed E-state index contributed by atoms with van der Waals surface area (Å²) in [6.45, 7) is 3.75. The Hall–Kier alpha value is -2.47. The van der Waals surface area contributed by atoms with E-state index in [4.69, 9.17) is 9.47 Å². The van der Waals surface area contributed by atoms with Gasteiger partial charge in [0.1, 0.15) is 11.9 Å². The van der Waals surface area contributed by atoms with Gasteiger partial charge in [0.15, 0.2) is 5.69 Å². The van der Waals surface area contributed by atoms with Crippen LogP contribution in [0.2, 0.25) is 0 Å². The van der Waals surface area contributed by atoms with E-state index in [0.717, 1.165) is 17.5 Å². The molecule has 0 spiro atoms. The predicted octanol–water partition coefficient (Wildman–Crippen LogP) is 3.31. The molecule has 1 atom stereocenters. The first-order valence-electron chi connectivity index (χ1n) is 8.84. The van der Waals surface area contributed by atoms with Crippen molar-refractivity contribution in [3.8, 4) is 17.0 Å². The molecule has 2 aromatic rings. The molecule has 1 unspecified atom stereocenters. The number of aryl methyl sites for hydroxylation is 1. The summed E-state index contributed by atoms with van der Waals surface area (Å²) in [6.07, 6.45) is 1.54. The number of aliphatic hydroxyl groups excluding tert-OH is 1. The van der Waals surface area contributed by atoms with E-state index in [0.29, 0.717) is 24.0 Å². The van der Waals surface area contributed by atoms with Gasteiger partial charge in [0.05, 0.1) is 13.2 Å². The van der Waals surface area contributed by atoms with Crippen LogP contribution in [0, 0.1) is 5.82 Å². The summed E-state index contributed by atoms with van der Waals surface area (Å²) < 4.78 is 25.4. The van der Waals surface area contributed by atoms with Gasteiger partial charge in [-0.25, -0.2) is 14.2 Å². The van der Waals surface area contributed by atoms with Crippen LogP contribution >= 0.6 is 0 Å². The molecule has 0 bridgehead atoms. The zero-order valence-corrected chi connectivity index (χ0v) is 14.9. The van der Waals surface area contributed by atoms with Crippen molar-refractivity contribution in [3.05, 3.63) is 46.9 Å². The van der Waals surface area contributed by atoms with Crippen LogP contribution in [-0.2, 0) is 17.6 Å². The highest BCUT2D eigenvalue weighted by Gasteiger charge is 2.27. The first-order valence-corrected chi connectivity index (χ1v) is 8.84. The summed E-state index contributed by atoms with van der Waals surface area (Å²) in [5.41, 5.74) is 2.69. The van der Waals surface area contributed by atoms with Gasteiger partial charge in [-0.1, -0.05) is 19.1 Å². The summed E-state index contributed by atoms with van der Waals surface area (Å²) in [7, 11) is 0. The van der Waals surface area contributed by atoms with E-state index in [9.17, 15) is 14.3 Å². The molecular formula is C20H22FNO4. The van der Waals surface area contributed by atoms with Crippen molar-refractivity contribution in [1.29, 1.82) is 0 Å². The minimum atomic E-state index is -0.586. The van der Waals surface area contributed by atoms with Gasteiger partial charge >= 0.3 is 5.97 Å². The van der Waals surface area contributed by atoms with E-state index in [1.54, 1.807) is 19.1 Å². The van der Waals surface area contributed by atoms with Crippen LogP contribution in [0.4, 0.5) is 4.39 Å². The number of pyridine rings is 1. The molecule has 1 aliphatic heterocycles. The number of carbonyl (C=O) groups excluding carboxylic acids is 1. The third-order valence-corrected chi connectivity index (χ3v) is 4.50. The Morgan fingerprint density at radius 3 is 2.81 bits per heavy atom. The number of esters is 1. The number of hydrogen-bond donors (Lipinski definition) is 1. The van der Waals surface area contributed by atoms with Crippen molar-refractivity contribution in [1.82, 2.24) is 4.98 Å². The maximum Gasteiger partial charge on any atom is 0.357 e. The Bertz CT molecular complexity index is 822. The van der Waals surface area contributed by atoms with Crippen LogP contribution in [0.15, 0.2) is 24.3 Å². The molecule has 0 aliphatic carbocycles. The number of rotatable bonds is 5. The monoisotopic (exact) mass is 359 g/mol. The number of aromatic nitrogens is 1. The molecule has 0 saturated carbocycles. The number of aliphatic hydroxyl groups is 1. The van der Waals surface area contributed by atoms with Crippen LogP contribution in [0.3, 0.4) is 0 Å². The van der Waals surface area contributed by atoms with Gasteiger partial charge in [-0.15, -0.1) is 0 Å². The third-order valence-electron chi connectivity index (χ3n) is 4.50. The lowest BCUT2D eigenvalue weighted by Gasteiger charge is -2.26. The molecule has 0 amide bonds. The molecule has 0 radical (unpaired) electrons. The van der Waals surface area contributed by atoms with E-state index in [2.05, 4.69) is 4.98 Å². The summed E-state index contributed by atoms with van der Waals surface area (Å²) in [6, 6.07) is 6.65. The van der Waals surface area contributed by atoms with Crippen molar-refractivity contribution in [3.63, 3.8) is 0 Å². The van der Waals surface area contributed by atoms with Crippen molar-refractivity contribution >= 4 is 5.97 Å². The first-order chi connectivity index (χ1) is 12.6. The lowest BCUT2D eigenvalue weighted by atomic mass is 9.93. The molecule has 3 rings (SSSR count). The zero-order valence-electron chi connectivity index (χ0n) is 14.9. The maximum absolute atomic E-state index is 14.7. The predicted molar refractivity (Wildman–Crippen MR) is 94.8 cm³/mol. The van der Waals surface area contributed by atoms with Gasteiger partial charge in [-0.3, -0.25) is 0 Å². The van der Waals surface area contributed by atoms with Crippen molar-refractivity contribution in [2.45, 2.75) is 39.2 Å². The average molecular weight is 359 g/mol. The van der Waals surface area contributed by atoms with Crippen LogP contribution in [0.1, 0.15) is 41.9 Å². The molecular weight excluding hydrogens is 337 g/mol. The van der Waals surface area contributed by atoms with Gasteiger partial charge < -0.3 is 14.6 Å².